The second-order valence-corrected chi connectivity index (χ2v) is 9.10. The molecule has 1 heterocycles. The van der Waals surface area contributed by atoms with E-state index >= 15 is 0 Å². The fraction of sp³-hybridized carbons (Fsp3) is 0.417. The minimum atomic E-state index is -1.08. The van der Waals surface area contributed by atoms with E-state index in [9.17, 15) is 14.7 Å². The summed E-state index contributed by atoms with van der Waals surface area (Å²) in [6.07, 6.45) is 0.857. The van der Waals surface area contributed by atoms with Crippen LogP contribution in [0.5, 0.6) is 0 Å². The van der Waals surface area contributed by atoms with Gasteiger partial charge in [0, 0.05) is 23.6 Å². The summed E-state index contributed by atoms with van der Waals surface area (Å²) in [5.74, 6) is -1.22. The van der Waals surface area contributed by atoms with Crippen molar-refractivity contribution in [2.45, 2.75) is 46.6 Å². The lowest BCUT2D eigenvalue weighted by atomic mass is 9.80. The molecule has 1 aliphatic heterocycles. The smallest absolute Gasteiger partial charge is 0.338 e. The summed E-state index contributed by atoms with van der Waals surface area (Å²) in [4.78, 5) is 25.9. The summed E-state index contributed by atoms with van der Waals surface area (Å²) in [5, 5.41) is 12.5. The summed E-state index contributed by atoms with van der Waals surface area (Å²) in [6, 6.07) is 13.5. The summed E-state index contributed by atoms with van der Waals surface area (Å²) in [6.45, 7) is 10.6. The maximum atomic E-state index is 12.2. The highest BCUT2D eigenvalue weighted by Crippen LogP contribution is 2.41. The van der Waals surface area contributed by atoms with Crippen LogP contribution in [0.25, 0.3) is 0 Å². The summed E-state index contributed by atoms with van der Waals surface area (Å²) in [5.41, 5.74) is 3.35. The zero-order valence-corrected chi connectivity index (χ0v) is 18.3. The van der Waals surface area contributed by atoms with Gasteiger partial charge in [-0.2, -0.15) is 0 Å². The Balaban J connectivity index is 1.98. The minimum Gasteiger partial charge on any atom is -0.480 e. The van der Waals surface area contributed by atoms with Gasteiger partial charge < -0.3 is 20.1 Å². The van der Waals surface area contributed by atoms with E-state index in [1.54, 1.807) is 26.8 Å². The first-order chi connectivity index (χ1) is 14.0. The minimum absolute atomic E-state index is 0.00402. The van der Waals surface area contributed by atoms with Crippen LogP contribution < -0.4 is 10.2 Å². The van der Waals surface area contributed by atoms with Gasteiger partial charge in [0.1, 0.15) is 5.54 Å². The largest absolute Gasteiger partial charge is 0.480 e. The molecule has 0 fully saturated rings. The van der Waals surface area contributed by atoms with Crippen molar-refractivity contribution in [2.75, 3.05) is 23.4 Å². The number of fused-ring (bicyclic) bond motifs is 1. The van der Waals surface area contributed by atoms with Crippen LogP contribution in [-0.2, 0) is 16.0 Å². The molecule has 0 saturated carbocycles. The molecule has 0 amide bonds. The molecule has 3 rings (SSSR count). The van der Waals surface area contributed by atoms with E-state index in [4.69, 9.17) is 4.74 Å². The average molecular weight is 411 g/mol. The molecule has 0 atom stereocenters. The second kappa shape index (κ2) is 8.01. The van der Waals surface area contributed by atoms with E-state index < -0.39 is 11.5 Å². The number of nitrogens with one attached hydrogen (secondary N) is 1. The number of carbonyl (C=O) groups is 2. The number of anilines is 3. The van der Waals surface area contributed by atoms with Crippen molar-refractivity contribution in [3.8, 4) is 0 Å². The predicted molar refractivity (Wildman–Crippen MR) is 119 cm³/mol. The number of carbonyl (C=O) groups excluding carboxylic acids is 1. The maximum absolute atomic E-state index is 12.2. The number of carboxylic acids is 1. The molecule has 0 saturated heterocycles. The quantitative estimate of drug-likeness (QED) is 0.662. The number of rotatable bonds is 6. The van der Waals surface area contributed by atoms with Crippen LogP contribution >= 0.6 is 0 Å². The van der Waals surface area contributed by atoms with Crippen molar-refractivity contribution in [3.05, 3.63) is 53.6 Å². The van der Waals surface area contributed by atoms with E-state index in [2.05, 4.69) is 24.1 Å². The van der Waals surface area contributed by atoms with E-state index in [0.29, 0.717) is 12.2 Å². The predicted octanol–water partition coefficient (Wildman–Crippen LogP) is 4.86. The van der Waals surface area contributed by atoms with Gasteiger partial charge >= 0.3 is 11.9 Å². The van der Waals surface area contributed by atoms with Gasteiger partial charge in [0.15, 0.2) is 0 Å². The van der Waals surface area contributed by atoms with Gasteiger partial charge in [0.2, 0.25) is 0 Å². The van der Waals surface area contributed by atoms with Crippen molar-refractivity contribution >= 4 is 29.0 Å². The van der Waals surface area contributed by atoms with Crippen molar-refractivity contribution in [3.63, 3.8) is 0 Å². The highest BCUT2D eigenvalue weighted by Gasteiger charge is 2.32. The molecule has 2 aromatic rings. The molecular weight excluding hydrogens is 380 g/mol. The van der Waals surface area contributed by atoms with Gasteiger partial charge in [-0.15, -0.1) is 0 Å². The third kappa shape index (κ3) is 4.58. The topological polar surface area (TPSA) is 78.9 Å². The molecule has 160 valence electrons. The Hall–Kier alpha value is -3.02. The van der Waals surface area contributed by atoms with Crippen molar-refractivity contribution < 1.29 is 19.4 Å². The lowest BCUT2D eigenvalue weighted by molar-refractivity contribution is -0.141. The number of aliphatic carboxylic acids is 1. The highest BCUT2D eigenvalue weighted by molar-refractivity contribution is 5.91. The van der Waals surface area contributed by atoms with E-state index in [0.717, 1.165) is 35.6 Å². The van der Waals surface area contributed by atoms with Crippen LogP contribution in [-0.4, -0.2) is 35.7 Å². The number of hydrogen-bond donors (Lipinski definition) is 2. The Bertz CT molecular complexity index is 965. The Morgan fingerprint density at radius 2 is 1.93 bits per heavy atom. The third-order valence-corrected chi connectivity index (χ3v) is 5.29. The Morgan fingerprint density at radius 1 is 1.20 bits per heavy atom. The number of carboxylic acid groups (broad SMARTS) is 1. The van der Waals surface area contributed by atoms with Crippen LogP contribution in [0.2, 0.25) is 0 Å². The molecule has 0 radical (unpaired) electrons. The molecule has 0 bridgehead atoms. The first-order valence-electron chi connectivity index (χ1n) is 10.2. The van der Waals surface area contributed by atoms with Gasteiger partial charge in [-0.1, -0.05) is 19.9 Å². The number of ether oxygens (including phenoxy) is 1. The summed E-state index contributed by atoms with van der Waals surface area (Å²) < 4.78 is 5.16. The number of hydrogen-bond acceptors (Lipinski definition) is 5. The molecule has 2 aromatic carbocycles. The zero-order chi connectivity index (χ0) is 22.1. The standard InChI is InChI=1S/C24H30N2O4/c1-6-30-21(27)16-10-11-20-17(12-16)14-23(2,3)15-26(20)19-9-7-8-18(13-19)25-24(4,5)22(28)29/h7-13,25H,6,14-15H2,1-5H3,(H,28,29). The normalized spacial score (nSPS) is 15.3. The van der Waals surface area contributed by atoms with E-state index in [1.807, 2.05) is 36.4 Å². The Kier molecular flexibility index (Phi) is 5.79. The fourth-order valence-electron chi connectivity index (χ4n) is 3.81. The Labute approximate surface area is 177 Å². The van der Waals surface area contributed by atoms with Gasteiger partial charge in [-0.3, -0.25) is 0 Å². The van der Waals surface area contributed by atoms with Gasteiger partial charge in [0.05, 0.1) is 12.2 Å². The van der Waals surface area contributed by atoms with E-state index in [-0.39, 0.29) is 11.4 Å². The molecule has 6 nitrogen and oxygen atoms in total. The highest BCUT2D eigenvalue weighted by atomic mass is 16.5. The average Bonchev–Trinajstić information content (AvgIpc) is 2.66. The van der Waals surface area contributed by atoms with E-state index in [1.165, 1.54) is 0 Å². The molecule has 6 heteroatoms. The van der Waals surface area contributed by atoms with Crippen molar-refractivity contribution in [1.29, 1.82) is 0 Å². The molecule has 0 unspecified atom stereocenters. The maximum Gasteiger partial charge on any atom is 0.338 e. The van der Waals surface area contributed by atoms with Crippen LogP contribution in [0, 0.1) is 5.41 Å². The van der Waals surface area contributed by atoms with Gasteiger partial charge in [0.25, 0.3) is 0 Å². The van der Waals surface area contributed by atoms with Crippen LogP contribution in [0.4, 0.5) is 17.1 Å². The molecule has 0 aliphatic carbocycles. The Morgan fingerprint density at radius 3 is 2.60 bits per heavy atom. The second-order valence-electron chi connectivity index (χ2n) is 9.10. The van der Waals surface area contributed by atoms with Crippen molar-refractivity contribution in [2.24, 2.45) is 5.41 Å². The van der Waals surface area contributed by atoms with Crippen LogP contribution in [0.3, 0.4) is 0 Å². The number of esters is 1. The zero-order valence-electron chi connectivity index (χ0n) is 18.3. The lowest BCUT2D eigenvalue weighted by Gasteiger charge is -2.41. The number of benzene rings is 2. The first kappa shape index (κ1) is 21.7. The molecule has 2 N–H and O–H groups in total. The van der Waals surface area contributed by atoms with Crippen molar-refractivity contribution in [1.82, 2.24) is 0 Å². The first-order valence-corrected chi connectivity index (χ1v) is 10.2. The molecular formula is C24H30N2O4. The van der Waals surface area contributed by atoms with Crippen LogP contribution in [0.15, 0.2) is 42.5 Å². The third-order valence-electron chi connectivity index (χ3n) is 5.29. The molecule has 0 spiro atoms. The molecule has 1 aliphatic rings. The summed E-state index contributed by atoms with van der Waals surface area (Å²) in [7, 11) is 0. The lowest BCUT2D eigenvalue weighted by Crippen LogP contribution is -2.40. The van der Waals surface area contributed by atoms with Crippen LogP contribution in [0.1, 0.15) is 50.5 Å². The fourth-order valence-corrected chi connectivity index (χ4v) is 3.81. The van der Waals surface area contributed by atoms with Gasteiger partial charge in [-0.05, 0) is 74.6 Å². The SMILES string of the molecule is CCOC(=O)c1ccc2c(c1)CC(C)(C)CN2c1cccc(NC(C)(C)C(=O)O)c1. The monoisotopic (exact) mass is 410 g/mol. The van der Waals surface area contributed by atoms with Gasteiger partial charge in [-0.25, -0.2) is 9.59 Å². The molecule has 30 heavy (non-hydrogen) atoms. The number of nitrogens with zero attached hydrogens (tertiary/aromatic N) is 1. The molecule has 0 aromatic heterocycles. The summed E-state index contributed by atoms with van der Waals surface area (Å²) >= 11 is 0.